The first-order valence-corrected chi connectivity index (χ1v) is 10.4. The number of piperazine rings is 1. The van der Waals surface area contributed by atoms with Crippen LogP contribution in [0.2, 0.25) is 0 Å². The molecule has 0 radical (unpaired) electrons. The van der Waals surface area contributed by atoms with E-state index in [1.165, 1.54) is 6.92 Å². The SMILES string of the molecule is CC(=O)c1cccc(NC(=O)C[NH+]2CCN(C(=O)[C@H]3COc4ccccc4O3)CC2)c1. The number of para-hydroxylation sites is 2. The highest BCUT2D eigenvalue weighted by Gasteiger charge is 2.34. The summed E-state index contributed by atoms with van der Waals surface area (Å²) in [5.41, 5.74) is 1.18. The van der Waals surface area contributed by atoms with E-state index >= 15 is 0 Å². The third kappa shape index (κ3) is 5.03. The number of rotatable bonds is 5. The third-order valence-electron chi connectivity index (χ3n) is 5.53. The maximum absolute atomic E-state index is 12.8. The maximum Gasteiger partial charge on any atom is 0.279 e. The van der Waals surface area contributed by atoms with Crippen LogP contribution in [0.15, 0.2) is 48.5 Å². The van der Waals surface area contributed by atoms with Crippen LogP contribution in [0.3, 0.4) is 0 Å². The molecule has 2 aromatic carbocycles. The highest BCUT2D eigenvalue weighted by molar-refractivity contribution is 5.97. The lowest BCUT2D eigenvalue weighted by molar-refractivity contribution is -0.895. The maximum atomic E-state index is 12.8. The normalized spacial score (nSPS) is 18.4. The summed E-state index contributed by atoms with van der Waals surface area (Å²) < 4.78 is 11.5. The van der Waals surface area contributed by atoms with Crippen LogP contribution in [0, 0.1) is 0 Å². The summed E-state index contributed by atoms with van der Waals surface area (Å²) in [7, 11) is 0. The number of nitrogens with one attached hydrogen (secondary N) is 2. The summed E-state index contributed by atoms with van der Waals surface area (Å²) in [6, 6.07) is 14.2. The van der Waals surface area contributed by atoms with E-state index < -0.39 is 6.10 Å². The molecule has 1 saturated heterocycles. The minimum absolute atomic E-state index is 0.0432. The fourth-order valence-corrected chi connectivity index (χ4v) is 3.81. The number of amides is 2. The smallest absolute Gasteiger partial charge is 0.279 e. The molecule has 0 bridgehead atoms. The number of anilines is 1. The van der Waals surface area contributed by atoms with Crippen molar-refractivity contribution in [3.8, 4) is 11.5 Å². The predicted molar refractivity (Wildman–Crippen MR) is 114 cm³/mol. The van der Waals surface area contributed by atoms with E-state index in [0.717, 1.165) is 4.90 Å². The number of carbonyl (C=O) groups excluding carboxylic acids is 3. The van der Waals surface area contributed by atoms with Gasteiger partial charge in [0.05, 0.1) is 26.2 Å². The number of Topliss-reactive ketones (excluding diaryl/α,β-unsaturated/α-hetero) is 1. The Morgan fingerprint density at radius 3 is 2.55 bits per heavy atom. The highest BCUT2D eigenvalue weighted by Crippen LogP contribution is 2.31. The number of quaternary nitrogens is 1. The monoisotopic (exact) mass is 424 g/mol. The van der Waals surface area contributed by atoms with Gasteiger partial charge in [0.2, 0.25) is 6.10 Å². The lowest BCUT2D eigenvalue weighted by Crippen LogP contribution is -3.15. The van der Waals surface area contributed by atoms with E-state index in [1.54, 1.807) is 35.2 Å². The third-order valence-corrected chi connectivity index (χ3v) is 5.53. The van der Waals surface area contributed by atoms with Crippen LogP contribution >= 0.6 is 0 Å². The van der Waals surface area contributed by atoms with Gasteiger partial charge >= 0.3 is 0 Å². The number of ketones is 1. The van der Waals surface area contributed by atoms with Crippen molar-refractivity contribution in [1.29, 1.82) is 0 Å². The number of ether oxygens (including phenoxy) is 2. The van der Waals surface area contributed by atoms with Gasteiger partial charge in [0.1, 0.15) is 6.61 Å². The number of benzene rings is 2. The highest BCUT2D eigenvalue weighted by atomic mass is 16.6. The van der Waals surface area contributed by atoms with Gasteiger partial charge in [-0.25, -0.2) is 0 Å². The van der Waals surface area contributed by atoms with Crippen molar-refractivity contribution in [3.63, 3.8) is 0 Å². The summed E-state index contributed by atoms with van der Waals surface area (Å²) >= 11 is 0. The molecular weight excluding hydrogens is 398 g/mol. The molecule has 1 fully saturated rings. The molecule has 0 unspecified atom stereocenters. The van der Waals surface area contributed by atoms with Crippen LogP contribution in [0.4, 0.5) is 5.69 Å². The van der Waals surface area contributed by atoms with Gasteiger partial charge in [-0.3, -0.25) is 14.4 Å². The van der Waals surface area contributed by atoms with Crippen molar-refractivity contribution in [2.45, 2.75) is 13.0 Å². The van der Waals surface area contributed by atoms with Gasteiger partial charge in [-0.05, 0) is 31.2 Å². The Hall–Kier alpha value is -3.39. The molecule has 2 heterocycles. The Kier molecular flexibility index (Phi) is 6.18. The zero-order valence-corrected chi connectivity index (χ0v) is 17.4. The molecule has 31 heavy (non-hydrogen) atoms. The van der Waals surface area contributed by atoms with Crippen molar-refractivity contribution >= 4 is 23.3 Å². The lowest BCUT2D eigenvalue weighted by atomic mass is 10.1. The molecule has 0 saturated carbocycles. The van der Waals surface area contributed by atoms with Gasteiger partial charge < -0.3 is 24.6 Å². The van der Waals surface area contributed by atoms with Crippen molar-refractivity contribution in [1.82, 2.24) is 4.90 Å². The van der Waals surface area contributed by atoms with E-state index in [0.29, 0.717) is 55.5 Å². The first-order chi connectivity index (χ1) is 15.0. The zero-order valence-electron chi connectivity index (χ0n) is 17.4. The average Bonchev–Trinajstić information content (AvgIpc) is 2.79. The molecule has 0 aromatic heterocycles. The minimum Gasteiger partial charge on any atom is -0.485 e. The summed E-state index contributed by atoms with van der Waals surface area (Å²) in [6.07, 6.45) is -0.645. The Balaban J connectivity index is 1.25. The van der Waals surface area contributed by atoms with E-state index in [9.17, 15) is 14.4 Å². The number of hydrogen-bond donors (Lipinski definition) is 2. The Morgan fingerprint density at radius 1 is 1.06 bits per heavy atom. The summed E-state index contributed by atoms with van der Waals surface area (Å²) in [4.78, 5) is 39.6. The second-order valence-corrected chi connectivity index (χ2v) is 7.80. The van der Waals surface area contributed by atoms with Crippen LogP contribution in [-0.4, -0.2) is 67.9 Å². The first kappa shape index (κ1) is 20.9. The zero-order chi connectivity index (χ0) is 21.8. The molecule has 2 aromatic rings. The quantitative estimate of drug-likeness (QED) is 0.678. The molecule has 0 aliphatic carbocycles. The molecule has 2 aliphatic heterocycles. The molecule has 8 nitrogen and oxygen atoms in total. The van der Waals surface area contributed by atoms with Crippen molar-refractivity contribution < 1.29 is 28.8 Å². The van der Waals surface area contributed by atoms with Crippen LogP contribution in [0.1, 0.15) is 17.3 Å². The van der Waals surface area contributed by atoms with Gasteiger partial charge in [-0.15, -0.1) is 0 Å². The van der Waals surface area contributed by atoms with Gasteiger partial charge in [-0.2, -0.15) is 0 Å². The second-order valence-electron chi connectivity index (χ2n) is 7.80. The summed E-state index contributed by atoms with van der Waals surface area (Å²) in [5.74, 6) is 0.996. The Labute approximate surface area is 180 Å². The largest absolute Gasteiger partial charge is 0.485 e. The van der Waals surface area contributed by atoms with Crippen LogP contribution in [0.5, 0.6) is 11.5 Å². The molecule has 1 atom stereocenters. The van der Waals surface area contributed by atoms with Crippen LogP contribution in [-0.2, 0) is 9.59 Å². The topological polar surface area (TPSA) is 89.4 Å². The fraction of sp³-hybridized carbons (Fsp3) is 0.348. The van der Waals surface area contributed by atoms with Crippen LogP contribution < -0.4 is 19.7 Å². The molecular formula is C23H26N3O5+. The molecule has 4 rings (SSSR count). The van der Waals surface area contributed by atoms with E-state index in [4.69, 9.17) is 9.47 Å². The predicted octanol–water partition coefficient (Wildman–Crippen LogP) is 0.395. The Morgan fingerprint density at radius 2 is 1.81 bits per heavy atom. The summed E-state index contributed by atoms with van der Waals surface area (Å²) in [6.45, 7) is 4.47. The van der Waals surface area contributed by atoms with Crippen molar-refractivity contribution in [3.05, 3.63) is 54.1 Å². The van der Waals surface area contributed by atoms with E-state index in [2.05, 4.69) is 5.32 Å². The van der Waals surface area contributed by atoms with Gasteiger partial charge in [0.25, 0.3) is 11.8 Å². The molecule has 0 spiro atoms. The fourth-order valence-electron chi connectivity index (χ4n) is 3.81. The van der Waals surface area contributed by atoms with Crippen molar-refractivity contribution in [2.75, 3.05) is 44.6 Å². The van der Waals surface area contributed by atoms with Crippen molar-refractivity contribution in [2.24, 2.45) is 0 Å². The number of fused-ring (bicyclic) bond motifs is 1. The number of nitrogens with zero attached hydrogens (tertiary/aromatic N) is 1. The van der Waals surface area contributed by atoms with Crippen LogP contribution in [0.25, 0.3) is 0 Å². The van der Waals surface area contributed by atoms with Gasteiger partial charge in [0.15, 0.2) is 23.8 Å². The Bertz CT molecular complexity index is 985. The molecule has 2 aliphatic rings. The molecule has 162 valence electrons. The molecule has 2 N–H and O–H groups in total. The average molecular weight is 424 g/mol. The lowest BCUT2D eigenvalue weighted by Gasteiger charge is -2.35. The standard InChI is InChI=1S/C23H25N3O5/c1-16(27)17-5-4-6-18(13-17)24-22(28)14-25-9-11-26(12-10-25)23(29)21-15-30-19-7-2-3-8-20(19)31-21/h2-8,13,21H,9-12,14-15H2,1H3,(H,24,28)/p+1/t21-/m1/s1. The summed E-state index contributed by atoms with van der Waals surface area (Å²) in [5, 5.41) is 2.85. The first-order valence-electron chi connectivity index (χ1n) is 10.4. The number of carbonyl (C=O) groups is 3. The van der Waals surface area contributed by atoms with E-state index in [-0.39, 0.29) is 24.2 Å². The number of hydrogen-bond acceptors (Lipinski definition) is 5. The minimum atomic E-state index is -0.645. The molecule has 8 heteroatoms. The van der Waals surface area contributed by atoms with E-state index in [1.807, 2.05) is 18.2 Å². The van der Waals surface area contributed by atoms with Gasteiger partial charge in [-0.1, -0.05) is 24.3 Å². The molecule has 2 amide bonds. The van der Waals surface area contributed by atoms with Gasteiger partial charge in [0, 0.05) is 11.3 Å². The second kappa shape index (κ2) is 9.18.